The maximum atomic E-state index is 5.29. The van der Waals surface area contributed by atoms with Crippen molar-refractivity contribution >= 4 is 0 Å². The molecule has 0 bridgehead atoms. The van der Waals surface area contributed by atoms with E-state index in [4.69, 9.17) is 4.74 Å². The molecule has 0 fully saturated rings. The van der Waals surface area contributed by atoms with Crippen LogP contribution in [0.1, 0.15) is 18.1 Å². The van der Waals surface area contributed by atoms with Gasteiger partial charge in [-0.2, -0.15) is 0 Å². The smallest absolute Gasteiger partial charge is 0.213 e. The van der Waals surface area contributed by atoms with Crippen LogP contribution >= 0.6 is 0 Å². The molecule has 2 heteroatoms. The van der Waals surface area contributed by atoms with Crippen molar-refractivity contribution in [1.82, 2.24) is 4.98 Å². The lowest BCUT2D eigenvalue weighted by molar-refractivity contribution is 0.327. The van der Waals surface area contributed by atoms with Gasteiger partial charge in [0, 0.05) is 18.7 Å². The molecule has 1 heterocycles. The third kappa shape index (κ3) is 2.83. The molecule has 2 aromatic rings. The van der Waals surface area contributed by atoms with Crippen LogP contribution < -0.4 is 4.74 Å². The summed E-state index contributed by atoms with van der Waals surface area (Å²) in [4.78, 5) is 4.21. The van der Waals surface area contributed by atoms with Crippen molar-refractivity contribution in [2.75, 3.05) is 6.61 Å². The number of aromatic nitrogens is 1. The van der Waals surface area contributed by atoms with E-state index in [1.54, 1.807) is 0 Å². The first-order valence-corrected chi connectivity index (χ1v) is 5.37. The molecule has 0 aliphatic rings. The Morgan fingerprint density at radius 2 is 1.88 bits per heavy atom. The Bertz CT molecular complexity index is 422. The van der Waals surface area contributed by atoms with Gasteiger partial charge in [0.05, 0.1) is 6.61 Å². The third-order valence-corrected chi connectivity index (χ3v) is 2.18. The highest BCUT2D eigenvalue weighted by molar-refractivity contribution is 5.36. The monoisotopic (exact) mass is 212 g/mol. The summed E-state index contributed by atoms with van der Waals surface area (Å²) >= 11 is 0. The number of pyridine rings is 1. The largest absolute Gasteiger partial charge is 0.478 e. The van der Waals surface area contributed by atoms with E-state index in [1.165, 1.54) is 5.56 Å². The van der Waals surface area contributed by atoms with Gasteiger partial charge in [-0.15, -0.1) is 0 Å². The highest BCUT2D eigenvalue weighted by Gasteiger charge is 1.98. The Balaban J connectivity index is 2.05. The number of ether oxygens (including phenoxy) is 1. The molecule has 2 rings (SSSR count). The molecule has 1 aromatic heterocycles. The molecule has 0 amide bonds. The van der Waals surface area contributed by atoms with Gasteiger partial charge in [0.15, 0.2) is 0 Å². The van der Waals surface area contributed by atoms with Crippen molar-refractivity contribution in [3.8, 4) is 5.88 Å². The van der Waals surface area contributed by atoms with Gasteiger partial charge in [0.1, 0.15) is 0 Å². The Labute approximate surface area is 95.9 Å². The highest BCUT2D eigenvalue weighted by atomic mass is 16.5. The van der Waals surface area contributed by atoms with Crippen LogP contribution in [-0.2, 0) is 0 Å². The van der Waals surface area contributed by atoms with E-state index in [-0.39, 0.29) is 0 Å². The van der Waals surface area contributed by atoms with E-state index >= 15 is 0 Å². The van der Waals surface area contributed by atoms with Gasteiger partial charge >= 0.3 is 0 Å². The van der Waals surface area contributed by atoms with Gasteiger partial charge in [-0.3, -0.25) is 0 Å². The quantitative estimate of drug-likeness (QED) is 0.777. The van der Waals surface area contributed by atoms with Gasteiger partial charge in [0.2, 0.25) is 5.88 Å². The lowest BCUT2D eigenvalue weighted by Crippen LogP contribution is -1.94. The topological polar surface area (TPSA) is 22.1 Å². The number of rotatable bonds is 4. The molecule has 0 saturated heterocycles. The lowest BCUT2D eigenvalue weighted by atomic mass is 10.1. The SMILES string of the molecule is CCOc1ccc([CH]c2ccccc2)cn1. The minimum absolute atomic E-state index is 0.648. The zero-order chi connectivity index (χ0) is 11.2. The van der Waals surface area contributed by atoms with E-state index in [0.717, 1.165) is 5.56 Å². The summed E-state index contributed by atoms with van der Waals surface area (Å²) in [6.07, 6.45) is 3.90. The molecule has 0 N–H and O–H groups in total. The maximum Gasteiger partial charge on any atom is 0.213 e. The van der Waals surface area contributed by atoms with Crippen molar-refractivity contribution in [1.29, 1.82) is 0 Å². The van der Waals surface area contributed by atoms with Crippen LogP contribution in [0.4, 0.5) is 0 Å². The van der Waals surface area contributed by atoms with Crippen LogP contribution in [0, 0.1) is 6.42 Å². The van der Waals surface area contributed by atoms with Crippen LogP contribution in [0.25, 0.3) is 0 Å². The molecule has 0 spiro atoms. The van der Waals surface area contributed by atoms with Crippen LogP contribution in [0.5, 0.6) is 5.88 Å². The van der Waals surface area contributed by atoms with Gasteiger partial charge in [-0.25, -0.2) is 4.98 Å². The van der Waals surface area contributed by atoms with Gasteiger partial charge in [0.25, 0.3) is 0 Å². The van der Waals surface area contributed by atoms with E-state index < -0.39 is 0 Å². The third-order valence-electron chi connectivity index (χ3n) is 2.18. The molecule has 0 saturated carbocycles. The number of benzene rings is 1. The molecular formula is C14H14NO. The first kappa shape index (κ1) is 10.7. The Hall–Kier alpha value is -1.83. The van der Waals surface area contributed by atoms with Crippen LogP contribution in [0.2, 0.25) is 0 Å². The Morgan fingerprint density at radius 1 is 1.06 bits per heavy atom. The zero-order valence-corrected chi connectivity index (χ0v) is 9.26. The second-order valence-corrected chi connectivity index (χ2v) is 3.42. The fourth-order valence-corrected chi connectivity index (χ4v) is 1.45. The van der Waals surface area contributed by atoms with E-state index in [2.05, 4.69) is 23.5 Å². The molecule has 2 nitrogen and oxygen atoms in total. The van der Waals surface area contributed by atoms with Gasteiger partial charge < -0.3 is 4.74 Å². The van der Waals surface area contributed by atoms with E-state index in [1.807, 2.05) is 43.5 Å². The minimum Gasteiger partial charge on any atom is -0.478 e. The van der Waals surface area contributed by atoms with E-state index in [9.17, 15) is 0 Å². The summed E-state index contributed by atoms with van der Waals surface area (Å²) in [5.41, 5.74) is 2.25. The van der Waals surface area contributed by atoms with Crippen molar-refractivity contribution in [2.24, 2.45) is 0 Å². The summed E-state index contributed by atoms with van der Waals surface area (Å²) in [6.45, 7) is 2.60. The molecule has 0 aliphatic carbocycles. The maximum absolute atomic E-state index is 5.29. The predicted octanol–water partition coefficient (Wildman–Crippen LogP) is 3.08. The first-order valence-electron chi connectivity index (χ1n) is 5.37. The van der Waals surface area contributed by atoms with Crippen molar-refractivity contribution in [3.05, 3.63) is 66.2 Å². The van der Waals surface area contributed by atoms with Gasteiger partial charge in [-0.1, -0.05) is 36.4 Å². The Morgan fingerprint density at radius 3 is 2.50 bits per heavy atom. The van der Waals surface area contributed by atoms with Crippen LogP contribution in [0.15, 0.2) is 48.7 Å². The molecule has 81 valence electrons. The number of hydrogen-bond donors (Lipinski definition) is 0. The second kappa shape index (κ2) is 5.31. The normalized spacial score (nSPS) is 10.1. The summed E-state index contributed by atoms with van der Waals surface area (Å²) < 4.78 is 5.29. The average molecular weight is 212 g/mol. The molecule has 1 aromatic carbocycles. The standard InChI is InChI=1S/C14H14NO/c1-2-16-14-9-8-13(11-15-14)10-12-6-4-3-5-7-12/h3-11H,2H2,1H3. The number of nitrogens with zero attached hydrogens (tertiary/aromatic N) is 1. The van der Waals surface area contributed by atoms with Crippen molar-refractivity contribution < 1.29 is 4.74 Å². The summed E-state index contributed by atoms with van der Waals surface area (Å²) in [5, 5.41) is 0. The summed E-state index contributed by atoms with van der Waals surface area (Å²) in [7, 11) is 0. The molecule has 1 radical (unpaired) electrons. The van der Waals surface area contributed by atoms with Gasteiger partial charge in [-0.05, 0) is 18.1 Å². The summed E-state index contributed by atoms with van der Waals surface area (Å²) in [5.74, 6) is 0.674. The average Bonchev–Trinajstić information content (AvgIpc) is 2.33. The van der Waals surface area contributed by atoms with Crippen molar-refractivity contribution in [3.63, 3.8) is 0 Å². The van der Waals surface area contributed by atoms with Crippen LogP contribution in [-0.4, -0.2) is 11.6 Å². The fourth-order valence-electron chi connectivity index (χ4n) is 1.45. The second-order valence-electron chi connectivity index (χ2n) is 3.42. The molecule has 0 atom stereocenters. The minimum atomic E-state index is 0.648. The fraction of sp³-hybridized carbons (Fsp3) is 0.143. The molecule has 0 aliphatic heterocycles. The van der Waals surface area contributed by atoms with Crippen molar-refractivity contribution in [2.45, 2.75) is 6.92 Å². The first-order chi connectivity index (χ1) is 7.88. The Kier molecular flexibility index (Phi) is 3.54. The number of hydrogen-bond acceptors (Lipinski definition) is 2. The lowest BCUT2D eigenvalue weighted by Gasteiger charge is -2.03. The molecular weight excluding hydrogens is 198 g/mol. The molecule has 0 unspecified atom stereocenters. The van der Waals surface area contributed by atoms with E-state index in [0.29, 0.717) is 12.5 Å². The summed E-state index contributed by atoms with van der Waals surface area (Å²) in [6, 6.07) is 14.1. The molecule has 16 heavy (non-hydrogen) atoms. The zero-order valence-electron chi connectivity index (χ0n) is 9.26. The van der Waals surface area contributed by atoms with Crippen LogP contribution in [0.3, 0.4) is 0 Å². The highest BCUT2D eigenvalue weighted by Crippen LogP contribution is 2.13. The predicted molar refractivity (Wildman–Crippen MR) is 64.4 cm³/mol.